The Bertz CT molecular complexity index is 908. The lowest BCUT2D eigenvalue weighted by atomic mass is 9.90. The molecule has 152 valence electrons. The van der Waals surface area contributed by atoms with Crippen LogP contribution in [0.4, 0.5) is 5.69 Å². The predicted molar refractivity (Wildman–Crippen MR) is 113 cm³/mol. The van der Waals surface area contributed by atoms with Crippen molar-refractivity contribution in [1.82, 2.24) is 9.88 Å². The van der Waals surface area contributed by atoms with Gasteiger partial charge in [-0.2, -0.15) is 0 Å². The van der Waals surface area contributed by atoms with Crippen LogP contribution in [0.3, 0.4) is 0 Å². The van der Waals surface area contributed by atoms with Gasteiger partial charge in [0.2, 0.25) is 5.70 Å². The summed E-state index contributed by atoms with van der Waals surface area (Å²) >= 11 is 0. The van der Waals surface area contributed by atoms with Gasteiger partial charge in [-0.25, -0.2) is 0 Å². The van der Waals surface area contributed by atoms with Crippen LogP contribution in [0.1, 0.15) is 30.2 Å². The summed E-state index contributed by atoms with van der Waals surface area (Å²) in [5, 5.41) is 14.6. The zero-order valence-corrected chi connectivity index (χ0v) is 16.8. The molecule has 0 saturated heterocycles. The second-order valence-corrected chi connectivity index (χ2v) is 7.42. The number of allylic oxidation sites excluding steroid dienone is 1. The van der Waals surface area contributed by atoms with Gasteiger partial charge in [0.15, 0.2) is 0 Å². The lowest BCUT2D eigenvalue weighted by molar-refractivity contribution is -0.113. The molecule has 1 aliphatic rings. The molecule has 3 rings (SSSR count). The smallest absolute Gasteiger partial charge is 0.281 e. The number of carbonyl (C=O) groups excluding carboxylic acids is 1. The number of benzene rings is 1. The average molecular weight is 394 g/mol. The van der Waals surface area contributed by atoms with Crippen molar-refractivity contribution in [3.63, 3.8) is 0 Å². The Kier molecular flexibility index (Phi) is 6.72. The van der Waals surface area contributed by atoms with Crippen molar-refractivity contribution in [2.75, 3.05) is 18.9 Å². The zero-order chi connectivity index (χ0) is 20.8. The number of amides is 1. The molecule has 29 heavy (non-hydrogen) atoms. The molecule has 1 unspecified atom stereocenters. The molecular weight excluding hydrogens is 368 g/mol. The van der Waals surface area contributed by atoms with Crippen LogP contribution in [0.25, 0.3) is 0 Å². The minimum absolute atomic E-state index is 0.408. The molecule has 7 heteroatoms. The molecule has 1 aliphatic carbocycles. The largest absolute Gasteiger partial charge is 0.510 e. The fraction of sp³-hybridized carbons (Fsp3) is 0.364. The van der Waals surface area contributed by atoms with Gasteiger partial charge < -0.3 is 15.3 Å². The van der Waals surface area contributed by atoms with Crippen molar-refractivity contribution in [2.45, 2.75) is 38.6 Å². The summed E-state index contributed by atoms with van der Waals surface area (Å²) < 4.78 is 0. The van der Waals surface area contributed by atoms with E-state index in [4.69, 9.17) is 0 Å². The topological polar surface area (TPSA) is 94.9 Å². The molecule has 1 atom stereocenters. The molecule has 1 aromatic heterocycles. The molecule has 0 spiro atoms. The van der Waals surface area contributed by atoms with E-state index in [0.717, 1.165) is 43.5 Å². The van der Waals surface area contributed by atoms with E-state index in [0.29, 0.717) is 11.7 Å². The summed E-state index contributed by atoms with van der Waals surface area (Å²) in [5.74, 6) is -1.15. The molecule has 0 saturated carbocycles. The van der Waals surface area contributed by atoms with Crippen molar-refractivity contribution in [3.05, 3.63) is 75.8 Å². The number of pyridine rings is 1. The first-order chi connectivity index (χ1) is 14.0. The molecule has 1 heterocycles. The van der Waals surface area contributed by atoms with Gasteiger partial charge in [-0.1, -0.05) is 30.3 Å². The van der Waals surface area contributed by atoms with Crippen LogP contribution in [0.15, 0.2) is 59.2 Å². The minimum Gasteiger partial charge on any atom is -0.510 e. The van der Waals surface area contributed by atoms with E-state index in [1.165, 1.54) is 12.5 Å². The standard InChI is InChI=1S/C22H26N4O3/c1-15(27)21(25-29)22(28)24-18-12-17-13-19(8-9-20(17)23-14-18)26(2)11-10-16-6-4-3-5-7-16/h3-7,12,14,19,27H,8-11,13H2,1-2H3,(H,24,28)/b21-15-. The van der Waals surface area contributed by atoms with Gasteiger partial charge in [0, 0.05) is 18.3 Å². The van der Waals surface area contributed by atoms with Crippen LogP contribution in [-0.4, -0.2) is 40.5 Å². The number of nitrogens with zero attached hydrogens (tertiary/aromatic N) is 3. The highest BCUT2D eigenvalue weighted by atomic mass is 16.3. The number of aliphatic hydroxyl groups is 1. The van der Waals surface area contributed by atoms with Crippen LogP contribution in [0.5, 0.6) is 0 Å². The average Bonchev–Trinajstić information content (AvgIpc) is 2.72. The van der Waals surface area contributed by atoms with Crippen molar-refractivity contribution in [2.24, 2.45) is 5.18 Å². The highest BCUT2D eigenvalue weighted by Crippen LogP contribution is 2.25. The Balaban J connectivity index is 1.64. The van der Waals surface area contributed by atoms with Crippen LogP contribution < -0.4 is 5.32 Å². The van der Waals surface area contributed by atoms with Crippen molar-refractivity contribution < 1.29 is 9.90 Å². The maximum atomic E-state index is 12.1. The number of aryl methyl sites for hydroxylation is 1. The van der Waals surface area contributed by atoms with Crippen molar-refractivity contribution >= 4 is 11.6 Å². The highest BCUT2D eigenvalue weighted by Gasteiger charge is 2.23. The normalized spacial score (nSPS) is 16.7. The number of fused-ring (bicyclic) bond motifs is 1. The Morgan fingerprint density at radius 3 is 2.79 bits per heavy atom. The Morgan fingerprint density at radius 1 is 1.34 bits per heavy atom. The molecule has 1 amide bonds. The molecule has 0 radical (unpaired) electrons. The first-order valence-corrected chi connectivity index (χ1v) is 9.74. The van der Waals surface area contributed by atoms with Gasteiger partial charge in [0.1, 0.15) is 5.76 Å². The molecule has 7 nitrogen and oxygen atoms in total. The fourth-order valence-corrected chi connectivity index (χ4v) is 3.64. The van der Waals surface area contributed by atoms with E-state index in [-0.39, 0.29) is 0 Å². The molecule has 2 N–H and O–H groups in total. The van der Waals surface area contributed by atoms with Crippen molar-refractivity contribution in [3.8, 4) is 0 Å². The van der Waals surface area contributed by atoms with Crippen molar-refractivity contribution in [1.29, 1.82) is 0 Å². The summed E-state index contributed by atoms with van der Waals surface area (Å²) in [6.45, 7) is 2.22. The molecule has 0 bridgehead atoms. The van der Waals surface area contributed by atoms with Crippen LogP contribution in [0, 0.1) is 4.91 Å². The second-order valence-electron chi connectivity index (χ2n) is 7.42. The zero-order valence-electron chi connectivity index (χ0n) is 16.8. The monoisotopic (exact) mass is 394 g/mol. The Hall–Kier alpha value is -3.06. The number of aromatic nitrogens is 1. The Labute approximate surface area is 170 Å². The third kappa shape index (κ3) is 5.26. The first-order valence-electron chi connectivity index (χ1n) is 9.74. The van der Waals surface area contributed by atoms with E-state index in [1.807, 2.05) is 12.1 Å². The van der Waals surface area contributed by atoms with Crippen LogP contribution in [0.2, 0.25) is 0 Å². The number of nitroso groups, excluding NO2 is 1. The summed E-state index contributed by atoms with van der Waals surface area (Å²) in [5.41, 5.74) is 3.42. The highest BCUT2D eigenvalue weighted by molar-refractivity contribution is 6.03. The lowest BCUT2D eigenvalue weighted by Gasteiger charge is -2.32. The maximum Gasteiger partial charge on any atom is 0.281 e. The molecule has 2 aromatic rings. The molecule has 0 fully saturated rings. The predicted octanol–water partition coefficient (Wildman–Crippen LogP) is 3.61. The van der Waals surface area contributed by atoms with E-state index >= 15 is 0 Å². The third-order valence-corrected chi connectivity index (χ3v) is 5.36. The number of carbonyl (C=O) groups is 1. The van der Waals surface area contributed by atoms with Crippen LogP contribution >= 0.6 is 0 Å². The van der Waals surface area contributed by atoms with Gasteiger partial charge in [-0.3, -0.25) is 9.78 Å². The fourth-order valence-electron chi connectivity index (χ4n) is 3.64. The quantitative estimate of drug-likeness (QED) is 0.425. The maximum absolute atomic E-state index is 12.1. The molecule has 1 aromatic carbocycles. The first kappa shape index (κ1) is 20.7. The number of rotatable bonds is 7. The molecule has 0 aliphatic heterocycles. The number of nitrogens with one attached hydrogen (secondary N) is 1. The Morgan fingerprint density at radius 2 is 2.10 bits per heavy atom. The van der Waals surface area contributed by atoms with E-state index in [1.54, 1.807) is 6.20 Å². The SMILES string of the molecule is C/C(O)=C(/N=O)C(=O)Nc1cnc2c(c1)CC(N(C)CCc1ccccc1)CC2. The lowest BCUT2D eigenvalue weighted by Crippen LogP contribution is -2.38. The summed E-state index contributed by atoms with van der Waals surface area (Å²) in [7, 11) is 2.15. The second kappa shape index (κ2) is 9.43. The summed E-state index contributed by atoms with van der Waals surface area (Å²) in [6, 6.07) is 12.7. The van der Waals surface area contributed by atoms with E-state index in [2.05, 4.69) is 51.7 Å². The number of anilines is 1. The van der Waals surface area contributed by atoms with Gasteiger partial charge in [-0.05, 0) is 62.0 Å². The molecular formula is C22H26N4O3. The van der Waals surface area contributed by atoms with Crippen LogP contribution in [-0.2, 0) is 24.1 Å². The number of aliphatic hydroxyl groups excluding tert-OH is 1. The van der Waals surface area contributed by atoms with Gasteiger partial charge >= 0.3 is 0 Å². The van der Waals surface area contributed by atoms with Gasteiger partial charge in [-0.15, -0.1) is 4.91 Å². The third-order valence-electron chi connectivity index (χ3n) is 5.36. The number of hydrogen-bond donors (Lipinski definition) is 2. The summed E-state index contributed by atoms with van der Waals surface area (Å²) in [6.07, 6.45) is 5.36. The van der Waals surface area contributed by atoms with Gasteiger partial charge in [0.25, 0.3) is 5.91 Å². The van der Waals surface area contributed by atoms with E-state index < -0.39 is 17.4 Å². The number of likely N-dealkylation sites (N-methyl/N-ethyl adjacent to an activating group) is 1. The van der Waals surface area contributed by atoms with E-state index in [9.17, 15) is 14.8 Å². The minimum atomic E-state index is -0.742. The van der Waals surface area contributed by atoms with Gasteiger partial charge in [0.05, 0.1) is 11.9 Å². The summed E-state index contributed by atoms with van der Waals surface area (Å²) in [4.78, 5) is 29.7. The number of hydrogen-bond acceptors (Lipinski definition) is 6.